The van der Waals surface area contributed by atoms with Gasteiger partial charge in [-0.15, -0.1) is 0 Å². The number of sulfonamides is 1. The number of nitrogens with one attached hydrogen (secondary N) is 1. The molecule has 1 aromatic heterocycles. The fraction of sp³-hybridized carbons (Fsp3) is 0.154. The second-order valence-corrected chi connectivity index (χ2v) is 6.02. The Kier molecular flexibility index (Phi) is 4.77. The van der Waals surface area contributed by atoms with E-state index in [4.69, 9.17) is 4.42 Å². The molecule has 10 heteroatoms. The van der Waals surface area contributed by atoms with Gasteiger partial charge in [0, 0.05) is 18.2 Å². The molecule has 2 aromatic rings. The largest absolute Gasteiger partial charge is 0.463 e. The second-order valence-electron chi connectivity index (χ2n) is 4.32. The number of esters is 1. The third-order valence-corrected chi connectivity index (χ3v) is 4.15. The molecule has 0 saturated carbocycles. The van der Waals surface area contributed by atoms with Crippen molar-refractivity contribution in [2.75, 3.05) is 7.11 Å². The lowest BCUT2D eigenvalue weighted by molar-refractivity contribution is -0.385. The van der Waals surface area contributed by atoms with Gasteiger partial charge in [-0.2, -0.15) is 0 Å². The smallest absolute Gasteiger partial charge is 0.374 e. The zero-order chi connectivity index (χ0) is 17.0. The summed E-state index contributed by atoms with van der Waals surface area (Å²) in [7, 11) is -2.94. The van der Waals surface area contributed by atoms with Gasteiger partial charge >= 0.3 is 5.97 Å². The third-order valence-electron chi connectivity index (χ3n) is 2.87. The van der Waals surface area contributed by atoms with Crippen LogP contribution in [0.4, 0.5) is 5.69 Å². The van der Waals surface area contributed by atoms with Crippen LogP contribution in [0.25, 0.3) is 0 Å². The lowest BCUT2D eigenvalue weighted by Gasteiger charge is -2.05. The summed E-state index contributed by atoms with van der Waals surface area (Å²) in [6, 6.07) is 7.98. The van der Waals surface area contributed by atoms with Crippen LogP contribution in [0.2, 0.25) is 0 Å². The lowest BCUT2D eigenvalue weighted by Crippen LogP contribution is -2.23. The van der Waals surface area contributed by atoms with E-state index in [0.717, 1.165) is 19.2 Å². The van der Waals surface area contributed by atoms with Crippen molar-refractivity contribution >= 4 is 21.7 Å². The number of hydrogen-bond acceptors (Lipinski definition) is 7. The molecule has 0 bridgehead atoms. The number of furan rings is 1. The van der Waals surface area contributed by atoms with Crippen LogP contribution in [0.15, 0.2) is 45.9 Å². The van der Waals surface area contributed by atoms with E-state index in [2.05, 4.69) is 9.46 Å². The zero-order valence-corrected chi connectivity index (χ0v) is 12.7. The van der Waals surface area contributed by atoms with Gasteiger partial charge in [0.2, 0.25) is 10.9 Å². The fourth-order valence-electron chi connectivity index (χ4n) is 1.76. The Morgan fingerprint density at radius 3 is 2.65 bits per heavy atom. The highest BCUT2D eigenvalue weighted by Crippen LogP contribution is 2.19. The predicted molar refractivity (Wildman–Crippen MR) is 77.2 cm³/mol. The Balaban J connectivity index is 2.18. The molecular formula is C13H12N2O7S. The Morgan fingerprint density at radius 1 is 1.30 bits per heavy atom. The van der Waals surface area contributed by atoms with Crippen molar-refractivity contribution in [3.63, 3.8) is 0 Å². The number of hydrogen-bond donors (Lipinski definition) is 1. The molecule has 0 aliphatic rings. The molecule has 1 N–H and O–H groups in total. The van der Waals surface area contributed by atoms with E-state index < -0.39 is 26.0 Å². The molecule has 0 spiro atoms. The van der Waals surface area contributed by atoms with Crippen LogP contribution in [0.1, 0.15) is 16.1 Å². The van der Waals surface area contributed by atoms with Crippen LogP contribution < -0.4 is 4.72 Å². The first kappa shape index (κ1) is 16.6. The van der Waals surface area contributed by atoms with Crippen molar-refractivity contribution < 1.29 is 27.3 Å². The van der Waals surface area contributed by atoms with Gasteiger partial charge in [0.25, 0.3) is 15.7 Å². The van der Waals surface area contributed by atoms with E-state index in [1.165, 1.54) is 18.2 Å². The average molecular weight is 340 g/mol. The Hall–Kier alpha value is -2.72. The summed E-state index contributed by atoms with van der Waals surface area (Å²) in [6.07, 6.45) is 0. The molecule has 23 heavy (non-hydrogen) atoms. The third kappa shape index (κ3) is 3.73. The molecule has 0 atom stereocenters. The van der Waals surface area contributed by atoms with Crippen molar-refractivity contribution in [2.45, 2.75) is 11.6 Å². The summed E-state index contributed by atoms with van der Waals surface area (Å²) in [6.45, 7) is -0.298. The summed E-state index contributed by atoms with van der Waals surface area (Å²) in [5.74, 6) is -1.08. The van der Waals surface area contributed by atoms with Gasteiger partial charge in [0.05, 0.1) is 12.0 Å². The predicted octanol–water partition coefficient (Wildman–Crippen LogP) is 1.45. The summed E-state index contributed by atoms with van der Waals surface area (Å²) in [5.41, 5.74) is -0.00860. The number of nitrogens with zero attached hydrogens (tertiary/aromatic N) is 1. The molecule has 0 unspecified atom stereocenters. The van der Waals surface area contributed by atoms with Gasteiger partial charge in [-0.1, -0.05) is 18.2 Å². The van der Waals surface area contributed by atoms with Crippen molar-refractivity contribution in [1.29, 1.82) is 0 Å². The standard InChI is InChI=1S/C13H12N2O7S/c1-21-13(16)11-6-7-12(22-11)23(19,20)14-8-9-4-2-3-5-10(9)15(17)18/h2-7,14H,8H2,1H3. The van der Waals surface area contributed by atoms with Crippen molar-refractivity contribution in [1.82, 2.24) is 4.72 Å². The van der Waals surface area contributed by atoms with E-state index in [1.54, 1.807) is 6.07 Å². The first-order chi connectivity index (χ1) is 10.8. The van der Waals surface area contributed by atoms with E-state index >= 15 is 0 Å². The van der Waals surface area contributed by atoms with Gasteiger partial charge in [-0.3, -0.25) is 10.1 Å². The molecule has 0 radical (unpaired) electrons. The maximum absolute atomic E-state index is 12.1. The zero-order valence-electron chi connectivity index (χ0n) is 11.9. The number of ether oxygens (including phenoxy) is 1. The van der Waals surface area contributed by atoms with E-state index in [9.17, 15) is 23.3 Å². The molecule has 2 rings (SSSR count). The fourth-order valence-corrected chi connectivity index (χ4v) is 2.69. The number of para-hydroxylation sites is 1. The SMILES string of the molecule is COC(=O)c1ccc(S(=O)(=O)NCc2ccccc2[N+](=O)[O-])o1. The first-order valence-corrected chi connectivity index (χ1v) is 7.73. The summed E-state index contributed by atoms with van der Waals surface area (Å²) in [5, 5.41) is 10.4. The maximum atomic E-state index is 12.1. The van der Waals surface area contributed by atoms with E-state index in [-0.39, 0.29) is 23.6 Å². The topological polar surface area (TPSA) is 129 Å². The summed E-state index contributed by atoms with van der Waals surface area (Å²) < 4.78 is 35.7. The second kappa shape index (κ2) is 6.58. The number of benzene rings is 1. The highest BCUT2D eigenvalue weighted by molar-refractivity contribution is 7.89. The van der Waals surface area contributed by atoms with Gasteiger partial charge < -0.3 is 9.15 Å². The Labute approximate surface area is 131 Å². The summed E-state index contributed by atoms with van der Waals surface area (Å²) in [4.78, 5) is 21.5. The number of methoxy groups -OCH3 is 1. The van der Waals surface area contributed by atoms with Crippen LogP contribution in [0.3, 0.4) is 0 Å². The first-order valence-electron chi connectivity index (χ1n) is 6.25. The number of nitro benzene ring substituents is 1. The minimum absolute atomic E-state index is 0.195. The minimum Gasteiger partial charge on any atom is -0.463 e. The molecular weight excluding hydrogens is 328 g/mol. The highest BCUT2D eigenvalue weighted by atomic mass is 32.2. The molecule has 0 saturated heterocycles. The monoisotopic (exact) mass is 340 g/mol. The molecule has 122 valence electrons. The Bertz CT molecular complexity index is 842. The van der Waals surface area contributed by atoms with E-state index in [1.807, 2.05) is 0 Å². The van der Waals surface area contributed by atoms with Crippen LogP contribution >= 0.6 is 0 Å². The number of carbonyl (C=O) groups is 1. The van der Waals surface area contributed by atoms with Crippen LogP contribution in [0.5, 0.6) is 0 Å². The quantitative estimate of drug-likeness (QED) is 0.478. The van der Waals surface area contributed by atoms with Gasteiger partial charge in [-0.25, -0.2) is 17.9 Å². The molecule has 1 aromatic carbocycles. The van der Waals surface area contributed by atoms with Gasteiger partial charge in [-0.05, 0) is 12.1 Å². The van der Waals surface area contributed by atoms with Crippen molar-refractivity contribution in [2.24, 2.45) is 0 Å². The molecule has 0 fully saturated rings. The van der Waals surface area contributed by atoms with Gasteiger partial charge in [0.1, 0.15) is 0 Å². The van der Waals surface area contributed by atoms with Crippen LogP contribution in [-0.2, 0) is 21.3 Å². The van der Waals surface area contributed by atoms with Crippen molar-refractivity contribution in [3.8, 4) is 0 Å². The molecule has 0 aliphatic carbocycles. The molecule has 9 nitrogen and oxygen atoms in total. The summed E-state index contributed by atoms with van der Waals surface area (Å²) >= 11 is 0. The maximum Gasteiger partial charge on any atom is 0.374 e. The number of rotatable bonds is 6. The normalized spacial score (nSPS) is 11.2. The Morgan fingerprint density at radius 2 is 2.00 bits per heavy atom. The number of carbonyl (C=O) groups excluding carboxylic acids is 1. The van der Waals surface area contributed by atoms with E-state index in [0.29, 0.717) is 0 Å². The minimum atomic E-state index is -4.07. The van der Waals surface area contributed by atoms with Gasteiger partial charge in [0.15, 0.2) is 0 Å². The van der Waals surface area contributed by atoms with Crippen molar-refractivity contribution in [3.05, 3.63) is 57.8 Å². The molecule has 0 aliphatic heterocycles. The number of nitro groups is 1. The molecule has 0 amide bonds. The molecule has 1 heterocycles. The van der Waals surface area contributed by atoms with Crippen LogP contribution in [0, 0.1) is 10.1 Å². The average Bonchev–Trinajstić information content (AvgIpc) is 3.03. The highest BCUT2D eigenvalue weighted by Gasteiger charge is 2.22. The lowest BCUT2D eigenvalue weighted by atomic mass is 10.2. The van der Waals surface area contributed by atoms with Crippen LogP contribution in [-0.4, -0.2) is 26.4 Å².